The summed E-state index contributed by atoms with van der Waals surface area (Å²) in [5.41, 5.74) is -0.622. The van der Waals surface area contributed by atoms with Crippen molar-refractivity contribution in [1.29, 1.82) is 0 Å². The van der Waals surface area contributed by atoms with Gasteiger partial charge in [-0.3, -0.25) is 0 Å². The zero-order valence-electron chi connectivity index (χ0n) is 8.76. The predicted molar refractivity (Wildman–Crippen MR) is 54.9 cm³/mol. The summed E-state index contributed by atoms with van der Waals surface area (Å²) in [6.07, 6.45) is -2.79. The second kappa shape index (κ2) is 5.21. The number of alkyl halides is 2. The highest BCUT2D eigenvalue weighted by Crippen LogP contribution is 2.27. The second-order valence-electron chi connectivity index (χ2n) is 3.05. The summed E-state index contributed by atoms with van der Waals surface area (Å²) in [6.45, 7) is 3.11. The fourth-order valence-electron chi connectivity index (χ4n) is 1.27. The Balaban J connectivity index is 3.29. The molecule has 0 aliphatic heterocycles. The van der Waals surface area contributed by atoms with Gasteiger partial charge in [-0.25, -0.2) is 18.6 Å². The third kappa shape index (κ3) is 2.66. The number of esters is 1. The number of carbonyl (C=O) groups is 1. The molecule has 1 rings (SSSR count). The van der Waals surface area contributed by atoms with Crippen molar-refractivity contribution in [3.63, 3.8) is 0 Å². The van der Waals surface area contributed by atoms with Crippen LogP contribution in [0, 0.1) is 6.92 Å². The van der Waals surface area contributed by atoms with Crippen molar-refractivity contribution in [3.8, 4) is 0 Å². The van der Waals surface area contributed by atoms with Gasteiger partial charge in [-0.2, -0.15) is 0 Å². The lowest BCUT2D eigenvalue weighted by atomic mass is 10.1. The van der Waals surface area contributed by atoms with E-state index in [1.807, 2.05) is 0 Å². The minimum absolute atomic E-state index is 0.00930. The lowest BCUT2D eigenvalue weighted by Gasteiger charge is -2.10. The zero-order chi connectivity index (χ0) is 12.3. The highest BCUT2D eigenvalue weighted by molar-refractivity contribution is 6.29. The fourth-order valence-corrected chi connectivity index (χ4v) is 1.52. The molecule has 0 saturated carbocycles. The molecule has 0 atom stereocenters. The average molecular weight is 250 g/mol. The van der Waals surface area contributed by atoms with Crippen molar-refractivity contribution in [2.45, 2.75) is 20.3 Å². The van der Waals surface area contributed by atoms with Crippen LogP contribution in [0.5, 0.6) is 0 Å². The van der Waals surface area contributed by atoms with Crippen LogP contribution in [-0.4, -0.2) is 17.6 Å². The Morgan fingerprint density at radius 2 is 2.25 bits per heavy atom. The second-order valence-corrected chi connectivity index (χ2v) is 3.43. The monoisotopic (exact) mass is 249 g/mol. The van der Waals surface area contributed by atoms with Crippen LogP contribution in [0.25, 0.3) is 0 Å². The van der Waals surface area contributed by atoms with Gasteiger partial charge in [0, 0.05) is 0 Å². The van der Waals surface area contributed by atoms with Crippen molar-refractivity contribution >= 4 is 17.6 Å². The molecule has 6 heteroatoms. The first-order valence-corrected chi connectivity index (χ1v) is 4.97. The molecule has 3 nitrogen and oxygen atoms in total. The van der Waals surface area contributed by atoms with E-state index in [0.29, 0.717) is 0 Å². The molecular formula is C10H10ClF2NO2. The van der Waals surface area contributed by atoms with E-state index in [-0.39, 0.29) is 17.3 Å². The molecule has 0 saturated heterocycles. The van der Waals surface area contributed by atoms with Gasteiger partial charge in [-0.1, -0.05) is 11.6 Å². The summed E-state index contributed by atoms with van der Waals surface area (Å²) in [7, 11) is 0. The number of hydrogen-bond acceptors (Lipinski definition) is 3. The molecule has 0 amide bonds. The standard InChI is InChI=1S/C10H10ClF2NO2/c1-3-16-10(15)8-7(9(12)13)5(2)4-6(11)14-8/h4,9H,3H2,1-2H3. The minimum Gasteiger partial charge on any atom is -0.461 e. The Kier molecular flexibility index (Phi) is 4.18. The fraction of sp³-hybridized carbons (Fsp3) is 0.400. The normalized spacial score (nSPS) is 10.6. The van der Waals surface area contributed by atoms with E-state index < -0.39 is 23.7 Å². The SMILES string of the molecule is CCOC(=O)c1nc(Cl)cc(C)c1C(F)F. The number of ether oxygens (including phenoxy) is 1. The number of aryl methyl sites for hydroxylation is 1. The van der Waals surface area contributed by atoms with Crippen LogP contribution in [0.2, 0.25) is 5.15 Å². The van der Waals surface area contributed by atoms with E-state index in [1.54, 1.807) is 6.92 Å². The van der Waals surface area contributed by atoms with Crippen LogP contribution < -0.4 is 0 Å². The van der Waals surface area contributed by atoms with Gasteiger partial charge in [0.2, 0.25) is 0 Å². The van der Waals surface area contributed by atoms with Crippen molar-refractivity contribution in [3.05, 3.63) is 28.0 Å². The number of carbonyl (C=O) groups excluding carboxylic acids is 1. The molecule has 0 aliphatic rings. The quantitative estimate of drug-likeness (QED) is 0.610. The van der Waals surface area contributed by atoms with Gasteiger partial charge in [0.05, 0.1) is 12.2 Å². The number of rotatable bonds is 3. The molecule has 0 fully saturated rings. The lowest BCUT2D eigenvalue weighted by molar-refractivity contribution is 0.0507. The largest absolute Gasteiger partial charge is 0.461 e. The molecule has 0 radical (unpaired) electrons. The first-order valence-electron chi connectivity index (χ1n) is 4.59. The van der Waals surface area contributed by atoms with Crippen molar-refractivity contribution in [2.75, 3.05) is 6.61 Å². The van der Waals surface area contributed by atoms with E-state index in [9.17, 15) is 13.6 Å². The molecular weight excluding hydrogens is 240 g/mol. The molecule has 0 bridgehead atoms. The summed E-state index contributed by atoms with van der Waals surface area (Å²) >= 11 is 5.61. The average Bonchev–Trinajstić information content (AvgIpc) is 2.15. The van der Waals surface area contributed by atoms with E-state index in [2.05, 4.69) is 9.72 Å². The van der Waals surface area contributed by atoms with Crippen LogP contribution in [0.4, 0.5) is 8.78 Å². The van der Waals surface area contributed by atoms with Crippen LogP contribution >= 0.6 is 11.6 Å². The highest BCUT2D eigenvalue weighted by Gasteiger charge is 2.24. The Bertz CT molecular complexity index is 410. The Labute approximate surface area is 96.4 Å². The van der Waals surface area contributed by atoms with Crippen molar-refractivity contribution in [2.24, 2.45) is 0 Å². The Hall–Kier alpha value is -1.23. The first kappa shape index (κ1) is 12.8. The van der Waals surface area contributed by atoms with Crippen LogP contribution in [0.15, 0.2) is 6.07 Å². The number of nitrogens with zero attached hydrogens (tertiary/aromatic N) is 1. The van der Waals surface area contributed by atoms with E-state index in [4.69, 9.17) is 11.6 Å². The smallest absolute Gasteiger partial charge is 0.357 e. The summed E-state index contributed by atoms with van der Waals surface area (Å²) in [5, 5.41) is -0.00930. The minimum atomic E-state index is -2.79. The molecule has 16 heavy (non-hydrogen) atoms. The third-order valence-electron chi connectivity index (χ3n) is 1.92. The first-order chi connectivity index (χ1) is 7.47. The van der Waals surface area contributed by atoms with Gasteiger partial charge in [-0.15, -0.1) is 0 Å². The molecule has 1 aromatic rings. The third-order valence-corrected chi connectivity index (χ3v) is 2.11. The van der Waals surface area contributed by atoms with Crippen LogP contribution in [0.3, 0.4) is 0 Å². The Morgan fingerprint density at radius 1 is 1.62 bits per heavy atom. The van der Waals surface area contributed by atoms with Crippen LogP contribution in [-0.2, 0) is 4.74 Å². The molecule has 1 heterocycles. The van der Waals surface area contributed by atoms with E-state index in [0.717, 1.165) is 0 Å². The lowest BCUT2D eigenvalue weighted by Crippen LogP contribution is -2.12. The maximum atomic E-state index is 12.7. The molecule has 0 spiro atoms. The number of halogens is 3. The molecule has 0 aromatic carbocycles. The number of aromatic nitrogens is 1. The van der Waals surface area contributed by atoms with Gasteiger partial charge >= 0.3 is 5.97 Å². The molecule has 0 aliphatic carbocycles. The maximum Gasteiger partial charge on any atom is 0.357 e. The van der Waals surface area contributed by atoms with Crippen molar-refractivity contribution in [1.82, 2.24) is 4.98 Å². The molecule has 88 valence electrons. The predicted octanol–water partition coefficient (Wildman–Crippen LogP) is 3.16. The van der Waals surface area contributed by atoms with Crippen LogP contribution in [0.1, 0.15) is 35.0 Å². The summed E-state index contributed by atoms with van der Waals surface area (Å²) in [6, 6.07) is 1.28. The molecule has 0 N–H and O–H groups in total. The van der Waals surface area contributed by atoms with Gasteiger partial charge in [0.25, 0.3) is 6.43 Å². The van der Waals surface area contributed by atoms with Gasteiger partial charge in [0.1, 0.15) is 5.15 Å². The van der Waals surface area contributed by atoms with Crippen molar-refractivity contribution < 1.29 is 18.3 Å². The number of pyridine rings is 1. The van der Waals surface area contributed by atoms with Gasteiger partial charge in [-0.05, 0) is 25.5 Å². The zero-order valence-corrected chi connectivity index (χ0v) is 9.52. The summed E-state index contributed by atoms with van der Waals surface area (Å²) in [5.74, 6) is -0.886. The molecule has 1 aromatic heterocycles. The number of hydrogen-bond donors (Lipinski definition) is 0. The van der Waals surface area contributed by atoms with Gasteiger partial charge in [0.15, 0.2) is 5.69 Å². The maximum absolute atomic E-state index is 12.7. The highest BCUT2D eigenvalue weighted by atomic mass is 35.5. The van der Waals surface area contributed by atoms with Gasteiger partial charge < -0.3 is 4.74 Å². The topological polar surface area (TPSA) is 39.2 Å². The molecule has 0 unspecified atom stereocenters. The summed E-state index contributed by atoms with van der Waals surface area (Å²) < 4.78 is 30.1. The Morgan fingerprint density at radius 3 is 2.75 bits per heavy atom. The van der Waals surface area contributed by atoms with E-state index in [1.165, 1.54) is 13.0 Å². The summed E-state index contributed by atoms with van der Waals surface area (Å²) in [4.78, 5) is 15.0. The van der Waals surface area contributed by atoms with E-state index >= 15 is 0 Å².